The molecule has 1 aliphatic heterocycles. The molecule has 1 saturated carbocycles. The molecular weight excluding hydrogens is 214 g/mol. The van der Waals surface area contributed by atoms with Gasteiger partial charge in [-0.2, -0.15) is 0 Å². The van der Waals surface area contributed by atoms with E-state index in [9.17, 15) is 4.79 Å². The number of nitrogens with one attached hydrogen (secondary N) is 1. The van der Waals surface area contributed by atoms with Crippen LogP contribution in [0.3, 0.4) is 0 Å². The number of ether oxygens (including phenoxy) is 1. The summed E-state index contributed by atoms with van der Waals surface area (Å²) in [5.74, 6) is 0.167. The molecule has 1 heterocycles. The quantitative estimate of drug-likeness (QED) is 0.714. The summed E-state index contributed by atoms with van der Waals surface area (Å²) in [6.07, 6.45) is 5.73. The first kappa shape index (κ1) is 12.9. The fourth-order valence-electron chi connectivity index (χ4n) is 3.20. The van der Waals surface area contributed by atoms with E-state index in [0.717, 1.165) is 25.9 Å². The lowest BCUT2D eigenvalue weighted by molar-refractivity contribution is -0.160. The molecule has 3 heteroatoms. The van der Waals surface area contributed by atoms with Crippen molar-refractivity contribution in [2.75, 3.05) is 13.1 Å². The number of hydrogen-bond acceptors (Lipinski definition) is 3. The normalized spacial score (nSPS) is 28.3. The standard InChI is InChI=1S/C14H25NO2/c1-13(2,3)17-12(16)11-4-5-14(10-11)6-8-15-9-7-14/h11,15H,4-10H2,1-3H3. The lowest BCUT2D eigenvalue weighted by Crippen LogP contribution is -2.35. The molecule has 0 aromatic carbocycles. The maximum atomic E-state index is 12.0. The zero-order valence-corrected chi connectivity index (χ0v) is 11.3. The van der Waals surface area contributed by atoms with Gasteiger partial charge in [0.15, 0.2) is 0 Å². The molecule has 3 nitrogen and oxygen atoms in total. The third-order valence-electron chi connectivity index (χ3n) is 4.11. The van der Waals surface area contributed by atoms with Gasteiger partial charge < -0.3 is 10.1 Å². The zero-order valence-electron chi connectivity index (χ0n) is 11.3. The fourth-order valence-corrected chi connectivity index (χ4v) is 3.20. The summed E-state index contributed by atoms with van der Waals surface area (Å²) >= 11 is 0. The average molecular weight is 239 g/mol. The molecule has 2 aliphatic rings. The minimum absolute atomic E-state index is 0.0212. The smallest absolute Gasteiger partial charge is 0.309 e. The summed E-state index contributed by atoms with van der Waals surface area (Å²) in [4.78, 5) is 12.0. The molecule has 1 saturated heterocycles. The largest absolute Gasteiger partial charge is 0.460 e. The Bertz CT molecular complexity index is 287. The first-order chi connectivity index (χ1) is 7.90. The van der Waals surface area contributed by atoms with Gasteiger partial charge in [0.1, 0.15) is 5.60 Å². The van der Waals surface area contributed by atoms with E-state index in [4.69, 9.17) is 4.74 Å². The van der Waals surface area contributed by atoms with Crippen LogP contribution in [0, 0.1) is 11.3 Å². The Balaban J connectivity index is 1.91. The van der Waals surface area contributed by atoms with Crippen LogP contribution in [0.1, 0.15) is 52.9 Å². The van der Waals surface area contributed by atoms with Crippen LogP contribution in [0.5, 0.6) is 0 Å². The predicted molar refractivity (Wildman–Crippen MR) is 67.7 cm³/mol. The van der Waals surface area contributed by atoms with E-state index in [-0.39, 0.29) is 17.5 Å². The van der Waals surface area contributed by atoms with E-state index in [2.05, 4.69) is 5.32 Å². The van der Waals surface area contributed by atoms with E-state index in [1.807, 2.05) is 20.8 Å². The van der Waals surface area contributed by atoms with Gasteiger partial charge >= 0.3 is 5.97 Å². The first-order valence-corrected chi connectivity index (χ1v) is 6.84. The minimum Gasteiger partial charge on any atom is -0.460 e. The van der Waals surface area contributed by atoms with E-state index in [1.54, 1.807) is 0 Å². The van der Waals surface area contributed by atoms with E-state index >= 15 is 0 Å². The summed E-state index contributed by atoms with van der Waals surface area (Å²) in [7, 11) is 0. The molecular formula is C14H25NO2. The number of hydrogen-bond donors (Lipinski definition) is 1. The Morgan fingerprint density at radius 2 is 1.88 bits per heavy atom. The Morgan fingerprint density at radius 3 is 2.47 bits per heavy atom. The molecule has 2 fully saturated rings. The van der Waals surface area contributed by atoms with Gasteiger partial charge in [0.25, 0.3) is 0 Å². The van der Waals surface area contributed by atoms with E-state index in [0.29, 0.717) is 5.41 Å². The van der Waals surface area contributed by atoms with Crippen molar-refractivity contribution in [1.82, 2.24) is 5.32 Å². The summed E-state index contributed by atoms with van der Waals surface area (Å²) in [5, 5.41) is 3.40. The van der Waals surface area contributed by atoms with Crippen molar-refractivity contribution in [1.29, 1.82) is 0 Å². The van der Waals surface area contributed by atoms with Gasteiger partial charge in [-0.3, -0.25) is 4.79 Å². The lowest BCUT2D eigenvalue weighted by Gasteiger charge is -2.34. The van der Waals surface area contributed by atoms with E-state index < -0.39 is 0 Å². The topological polar surface area (TPSA) is 38.3 Å². The van der Waals surface area contributed by atoms with Crippen LogP contribution in [0.25, 0.3) is 0 Å². The second kappa shape index (κ2) is 4.60. The summed E-state index contributed by atoms with van der Waals surface area (Å²) in [6, 6.07) is 0. The molecule has 0 bridgehead atoms. The SMILES string of the molecule is CC(C)(C)OC(=O)C1CCC2(CCNCC2)C1. The van der Waals surface area contributed by atoms with Gasteiger partial charge in [0.05, 0.1) is 5.92 Å². The predicted octanol–water partition coefficient (Wildman–Crippen LogP) is 2.50. The van der Waals surface area contributed by atoms with Crippen molar-refractivity contribution in [2.45, 2.75) is 58.5 Å². The molecule has 1 aliphatic carbocycles. The highest BCUT2D eigenvalue weighted by molar-refractivity contribution is 5.73. The summed E-state index contributed by atoms with van der Waals surface area (Å²) < 4.78 is 5.50. The van der Waals surface area contributed by atoms with Crippen LogP contribution >= 0.6 is 0 Å². The maximum Gasteiger partial charge on any atom is 0.309 e. The maximum absolute atomic E-state index is 12.0. The van der Waals surface area contributed by atoms with Crippen LogP contribution in [-0.2, 0) is 9.53 Å². The third kappa shape index (κ3) is 3.21. The fraction of sp³-hybridized carbons (Fsp3) is 0.929. The van der Waals surface area contributed by atoms with Gasteiger partial charge in [-0.15, -0.1) is 0 Å². The number of esters is 1. The molecule has 98 valence electrons. The molecule has 1 N–H and O–H groups in total. The molecule has 17 heavy (non-hydrogen) atoms. The number of rotatable bonds is 1. The second-order valence-electron chi connectivity index (χ2n) is 6.72. The van der Waals surface area contributed by atoms with Crippen molar-refractivity contribution >= 4 is 5.97 Å². The number of carbonyl (C=O) groups excluding carboxylic acids is 1. The average Bonchev–Trinajstić information content (AvgIpc) is 2.61. The molecule has 0 aromatic rings. The molecule has 2 rings (SSSR count). The third-order valence-corrected chi connectivity index (χ3v) is 4.11. The number of carbonyl (C=O) groups is 1. The van der Waals surface area contributed by atoms with Crippen molar-refractivity contribution in [3.63, 3.8) is 0 Å². The van der Waals surface area contributed by atoms with Gasteiger partial charge in [-0.1, -0.05) is 0 Å². The van der Waals surface area contributed by atoms with Gasteiger partial charge in [-0.25, -0.2) is 0 Å². The van der Waals surface area contributed by atoms with Gasteiger partial charge in [0, 0.05) is 0 Å². The Morgan fingerprint density at radius 1 is 1.24 bits per heavy atom. The molecule has 0 amide bonds. The Labute approximate surface area is 104 Å². The number of piperidine rings is 1. The second-order valence-corrected chi connectivity index (χ2v) is 6.72. The van der Waals surface area contributed by atoms with Gasteiger partial charge in [0.2, 0.25) is 0 Å². The lowest BCUT2D eigenvalue weighted by atomic mass is 9.77. The van der Waals surface area contributed by atoms with Crippen molar-refractivity contribution in [2.24, 2.45) is 11.3 Å². The monoisotopic (exact) mass is 239 g/mol. The van der Waals surface area contributed by atoms with Crippen LogP contribution < -0.4 is 5.32 Å². The van der Waals surface area contributed by atoms with E-state index in [1.165, 1.54) is 19.3 Å². The molecule has 1 unspecified atom stereocenters. The van der Waals surface area contributed by atoms with Crippen molar-refractivity contribution < 1.29 is 9.53 Å². The highest BCUT2D eigenvalue weighted by atomic mass is 16.6. The molecule has 0 radical (unpaired) electrons. The summed E-state index contributed by atoms with van der Waals surface area (Å²) in [5.41, 5.74) is 0.0910. The van der Waals surface area contributed by atoms with Crippen LogP contribution in [0.2, 0.25) is 0 Å². The van der Waals surface area contributed by atoms with Gasteiger partial charge in [-0.05, 0) is 71.4 Å². The molecule has 1 atom stereocenters. The highest BCUT2D eigenvalue weighted by Gasteiger charge is 2.43. The first-order valence-electron chi connectivity index (χ1n) is 6.84. The zero-order chi connectivity index (χ0) is 12.5. The highest BCUT2D eigenvalue weighted by Crippen LogP contribution is 2.48. The van der Waals surface area contributed by atoms with Crippen LogP contribution in [0.15, 0.2) is 0 Å². The minimum atomic E-state index is -0.346. The van der Waals surface area contributed by atoms with Crippen LogP contribution in [0.4, 0.5) is 0 Å². The Kier molecular flexibility index (Phi) is 3.48. The Hall–Kier alpha value is -0.570. The van der Waals surface area contributed by atoms with Crippen molar-refractivity contribution in [3.05, 3.63) is 0 Å². The van der Waals surface area contributed by atoms with Crippen LogP contribution in [-0.4, -0.2) is 24.7 Å². The summed E-state index contributed by atoms with van der Waals surface area (Å²) in [6.45, 7) is 8.06. The molecule has 1 spiro atoms. The van der Waals surface area contributed by atoms with Crippen molar-refractivity contribution in [3.8, 4) is 0 Å². The molecule has 0 aromatic heterocycles.